The van der Waals surface area contributed by atoms with Crippen LogP contribution in [0.5, 0.6) is 0 Å². The van der Waals surface area contributed by atoms with Gasteiger partial charge in [-0.25, -0.2) is 4.98 Å². The average Bonchev–Trinajstić information content (AvgIpc) is 3.25. The number of furan rings is 1. The summed E-state index contributed by atoms with van der Waals surface area (Å²) < 4.78 is 6.52. The van der Waals surface area contributed by atoms with E-state index >= 15 is 0 Å². The smallest absolute Gasteiger partial charge is 0.223 e. The number of aromatic nitrogens is 2. The number of fused-ring (bicyclic) bond motifs is 1. The summed E-state index contributed by atoms with van der Waals surface area (Å²) in [6, 6.07) is 9.83. The zero-order valence-corrected chi connectivity index (χ0v) is 16.2. The Morgan fingerprint density at radius 2 is 2.15 bits per heavy atom. The van der Waals surface area contributed by atoms with E-state index in [-0.39, 0.29) is 11.8 Å². The van der Waals surface area contributed by atoms with Crippen LogP contribution in [0.3, 0.4) is 0 Å². The molecule has 0 unspecified atom stereocenters. The van der Waals surface area contributed by atoms with E-state index in [4.69, 9.17) is 4.42 Å². The molecule has 3 aromatic rings. The molecule has 1 aromatic carbocycles. The average molecular weight is 417 g/mol. The fraction of sp³-hybridized carbons (Fsp3) is 0.368. The van der Waals surface area contributed by atoms with Gasteiger partial charge in [-0.1, -0.05) is 15.9 Å². The number of rotatable bonds is 4. The zero-order chi connectivity index (χ0) is 18.1. The second-order valence-electron chi connectivity index (χ2n) is 6.71. The third kappa shape index (κ3) is 3.62. The van der Waals surface area contributed by atoms with Crippen molar-refractivity contribution < 1.29 is 9.21 Å². The lowest BCUT2D eigenvalue weighted by Crippen LogP contribution is -2.40. The number of H-pyrrole nitrogens is 1. The molecule has 4 rings (SSSR count). The number of anilines is 1. The van der Waals surface area contributed by atoms with E-state index in [1.165, 1.54) is 0 Å². The first-order chi connectivity index (χ1) is 12.6. The van der Waals surface area contributed by atoms with Crippen molar-refractivity contribution >= 4 is 38.8 Å². The van der Waals surface area contributed by atoms with Crippen LogP contribution in [0, 0.1) is 12.8 Å². The maximum Gasteiger partial charge on any atom is 0.223 e. The fourth-order valence-corrected chi connectivity index (χ4v) is 3.73. The molecule has 26 heavy (non-hydrogen) atoms. The highest BCUT2D eigenvalue weighted by molar-refractivity contribution is 9.10. The van der Waals surface area contributed by atoms with Crippen LogP contribution < -0.4 is 10.2 Å². The molecule has 7 heteroatoms. The number of halogens is 1. The summed E-state index contributed by atoms with van der Waals surface area (Å²) in [4.78, 5) is 22.6. The molecule has 2 aromatic heterocycles. The van der Waals surface area contributed by atoms with Crippen LogP contribution in [-0.4, -0.2) is 29.0 Å². The molecule has 0 spiro atoms. The van der Waals surface area contributed by atoms with E-state index in [0.29, 0.717) is 6.54 Å². The molecule has 1 amide bonds. The van der Waals surface area contributed by atoms with Gasteiger partial charge < -0.3 is 19.6 Å². The van der Waals surface area contributed by atoms with Crippen LogP contribution in [0.2, 0.25) is 0 Å². The highest BCUT2D eigenvalue weighted by Gasteiger charge is 2.26. The first-order valence-electron chi connectivity index (χ1n) is 8.82. The third-order valence-corrected chi connectivity index (χ3v) is 5.32. The minimum Gasteiger partial charge on any atom is -0.465 e. The molecule has 0 atom stereocenters. The first-order valence-corrected chi connectivity index (χ1v) is 9.61. The van der Waals surface area contributed by atoms with Gasteiger partial charge in [0.15, 0.2) is 0 Å². The Kier molecular flexibility index (Phi) is 4.72. The van der Waals surface area contributed by atoms with Gasteiger partial charge in [-0.3, -0.25) is 4.79 Å². The van der Waals surface area contributed by atoms with Crippen molar-refractivity contribution in [2.45, 2.75) is 26.3 Å². The summed E-state index contributed by atoms with van der Waals surface area (Å²) >= 11 is 3.48. The van der Waals surface area contributed by atoms with Crippen molar-refractivity contribution in [3.63, 3.8) is 0 Å². The Morgan fingerprint density at radius 1 is 1.35 bits per heavy atom. The Bertz CT molecular complexity index is 925. The van der Waals surface area contributed by atoms with Crippen LogP contribution >= 0.6 is 15.9 Å². The van der Waals surface area contributed by atoms with Crippen LogP contribution in [-0.2, 0) is 11.3 Å². The number of imidazole rings is 1. The summed E-state index contributed by atoms with van der Waals surface area (Å²) in [6.07, 6.45) is 1.65. The quantitative estimate of drug-likeness (QED) is 0.678. The molecular formula is C19H21BrN4O2. The second-order valence-corrected chi connectivity index (χ2v) is 7.63. The van der Waals surface area contributed by atoms with Crippen LogP contribution in [0.1, 0.15) is 24.4 Å². The van der Waals surface area contributed by atoms with Gasteiger partial charge in [-0.15, -0.1) is 0 Å². The molecule has 0 saturated carbocycles. The normalized spacial score (nSPS) is 15.5. The molecule has 0 radical (unpaired) electrons. The van der Waals surface area contributed by atoms with Crippen LogP contribution in [0.4, 0.5) is 5.95 Å². The second kappa shape index (κ2) is 7.15. The van der Waals surface area contributed by atoms with E-state index in [1.807, 2.05) is 37.3 Å². The van der Waals surface area contributed by atoms with E-state index < -0.39 is 0 Å². The summed E-state index contributed by atoms with van der Waals surface area (Å²) in [5, 5.41) is 2.98. The summed E-state index contributed by atoms with van der Waals surface area (Å²) in [5.74, 6) is 2.68. The predicted molar refractivity (Wildman–Crippen MR) is 104 cm³/mol. The SMILES string of the molecule is Cc1ccc(CNC(=O)C2CCN(c3nc4ccc(Br)cc4[nH]3)CC2)o1. The molecule has 3 heterocycles. The van der Waals surface area contributed by atoms with Crippen molar-refractivity contribution in [2.75, 3.05) is 18.0 Å². The maximum absolute atomic E-state index is 12.4. The van der Waals surface area contributed by atoms with Gasteiger partial charge in [0.1, 0.15) is 11.5 Å². The predicted octanol–water partition coefficient (Wildman–Crippen LogP) is 3.76. The van der Waals surface area contributed by atoms with Gasteiger partial charge in [0.2, 0.25) is 11.9 Å². The Balaban J connectivity index is 1.33. The van der Waals surface area contributed by atoms with Gasteiger partial charge in [-0.05, 0) is 50.1 Å². The zero-order valence-electron chi connectivity index (χ0n) is 14.6. The number of hydrogen-bond acceptors (Lipinski definition) is 4. The van der Waals surface area contributed by atoms with Crippen molar-refractivity contribution in [2.24, 2.45) is 5.92 Å². The summed E-state index contributed by atoms with van der Waals surface area (Å²) in [7, 11) is 0. The number of aromatic amines is 1. The Morgan fingerprint density at radius 3 is 2.88 bits per heavy atom. The molecular weight excluding hydrogens is 396 g/mol. The highest BCUT2D eigenvalue weighted by atomic mass is 79.9. The number of benzene rings is 1. The molecule has 0 bridgehead atoms. The van der Waals surface area contributed by atoms with E-state index in [9.17, 15) is 4.79 Å². The standard InChI is InChI=1S/C19H21BrN4O2/c1-12-2-4-15(26-12)11-21-18(25)13-6-8-24(9-7-13)19-22-16-5-3-14(20)10-17(16)23-19/h2-5,10,13H,6-9,11H2,1H3,(H,21,25)(H,22,23). The molecule has 1 saturated heterocycles. The van der Waals surface area contributed by atoms with Crippen molar-refractivity contribution in [1.29, 1.82) is 0 Å². The maximum atomic E-state index is 12.4. The molecule has 6 nitrogen and oxygen atoms in total. The number of amides is 1. The molecule has 0 aliphatic carbocycles. The number of nitrogens with zero attached hydrogens (tertiary/aromatic N) is 2. The van der Waals surface area contributed by atoms with Gasteiger partial charge in [0.05, 0.1) is 17.6 Å². The monoisotopic (exact) mass is 416 g/mol. The highest BCUT2D eigenvalue weighted by Crippen LogP contribution is 2.25. The van der Waals surface area contributed by atoms with Gasteiger partial charge >= 0.3 is 0 Å². The number of hydrogen-bond donors (Lipinski definition) is 2. The number of carbonyl (C=O) groups excluding carboxylic acids is 1. The van der Waals surface area contributed by atoms with Crippen LogP contribution in [0.15, 0.2) is 39.2 Å². The van der Waals surface area contributed by atoms with E-state index in [2.05, 4.69) is 36.1 Å². The number of nitrogens with one attached hydrogen (secondary N) is 2. The molecule has 1 aliphatic rings. The van der Waals surface area contributed by atoms with Gasteiger partial charge in [0.25, 0.3) is 0 Å². The Labute approximate surface area is 160 Å². The largest absolute Gasteiger partial charge is 0.465 e. The molecule has 136 valence electrons. The van der Waals surface area contributed by atoms with Crippen molar-refractivity contribution in [3.05, 3.63) is 46.3 Å². The summed E-state index contributed by atoms with van der Waals surface area (Å²) in [5.41, 5.74) is 1.97. The fourth-order valence-electron chi connectivity index (χ4n) is 3.37. The van der Waals surface area contributed by atoms with Gasteiger partial charge in [0, 0.05) is 23.5 Å². The number of aryl methyl sites for hydroxylation is 1. The molecule has 1 fully saturated rings. The van der Waals surface area contributed by atoms with Crippen LogP contribution in [0.25, 0.3) is 11.0 Å². The van der Waals surface area contributed by atoms with Gasteiger partial charge in [-0.2, -0.15) is 0 Å². The number of carbonyl (C=O) groups is 1. The number of piperidine rings is 1. The van der Waals surface area contributed by atoms with Crippen molar-refractivity contribution in [3.8, 4) is 0 Å². The lowest BCUT2D eigenvalue weighted by atomic mass is 9.96. The van der Waals surface area contributed by atoms with Crippen molar-refractivity contribution in [1.82, 2.24) is 15.3 Å². The van der Waals surface area contributed by atoms with E-state index in [1.54, 1.807) is 0 Å². The molecule has 2 N–H and O–H groups in total. The Hall–Kier alpha value is -2.28. The third-order valence-electron chi connectivity index (χ3n) is 4.83. The summed E-state index contributed by atoms with van der Waals surface area (Å²) in [6.45, 7) is 3.99. The minimum atomic E-state index is 0.0424. The first kappa shape index (κ1) is 17.1. The lowest BCUT2D eigenvalue weighted by molar-refractivity contribution is -0.125. The molecule has 1 aliphatic heterocycles. The topological polar surface area (TPSA) is 74.2 Å². The minimum absolute atomic E-state index is 0.0424. The lowest BCUT2D eigenvalue weighted by Gasteiger charge is -2.31. The van der Waals surface area contributed by atoms with E-state index in [0.717, 1.165) is 58.9 Å².